The summed E-state index contributed by atoms with van der Waals surface area (Å²) in [5.74, 6) is 5.52. The van der Waals surface area contributed by atoms with Gasteiger partial charge >= 0.3 is 6.18 Å². The molecule has 3 N–H and O–H groups in total. The van der Waals surface area contributed by atoms with Crippen molar-refractivity contribution in [3.05, 3.63) is 66.2 Å². The van der Waals surface area contributed by atoms with Crippen molar-refractivity contribution < 1.29 is 13.2 Å². The van der Waals surface area contributed by atoms with Crippen LogP contribution in [0, 0.1) is 0 Å². The van der Waals surface area contributed by atoms with Crippen LogP contribution >= 0.6 is 0 Å². The van der Waals surface area contributed by atoms with Gasteiger partial charge in [0, 0.05) is 11.1 Å². The van der Waals surface area contributed by atoms with Gasteiger partial charge in [0.25, 0.3) is 0 Å². The van der Waals surface area contributed by atoms with Crippen molar-refractivity contribution in [2.45, 2.75) is 6.18 Å². The average Bonchev–Trinajstić information content (AvgIpc) is 2.61. The molecule has 0 fully saturated rings. The van der Waals surface area contributed by atoms with Gasteiger partial charge in [0.05, 0.1) is 17.0 Å². The molecule has 4 nitrogen and oxygen atoms in total. The van der Waals surface area contributed by atoms with E-state index in [1.54, 1.807) is 12.1 Å². The lowest BCUT2D eigenvalue weighted by molar-refractivity contribution is -0.137. The van der Waals surface area contributed by atoms with E-state index in [2.05, 4.69) is 15.4 Å². The van der Waals surface area contributed by atoms with Crippen LogP contribution in [0.5, 0.6) is 0 Å². The first-order chi connectivity index (χ1) is 11.5. The Labute approximate surface area is 136 Å². The van der Waals surface area contributed by atoms with E-state index in [0.717, 1.165) is 17.7 Å². The topological polar surface area (TPSA) is 63.8 Å². The third-order valence-corrected chi connectivity index (χ3v) is 3.41. The molecule has 3 rings (SSSR count). The summed E-state index contributed by atoms with van der Waals surface area (Å²) in [6, 6.07) is 15.9. The molecule has 0 unspecified atom stereocenters. The molecule has 0 atom stereocenters. The smallest absolute Gasteiger partial charge is 0.292 e. The van der Waals surface area contributed by atoms with Gasteiger partial charge in [-0.1, -0.05) is 42.5 Å². The number of benzene rings is 2. The quantitative estimate of drug-likeness (QED) is 0.560. The Kier molecular flexibility index (Phi) is 4.18. The van der Waals surface area contributed by atoms with E-state index in [9.17, 15) is 13.2 Å². The molecule has 0 aliphatic carbocycles. The third kappa shape index (κ3) is 3.36. The first kappa shape index (κ1) is 15.9. The van der Waals surface area contributed by atoms with Crippen LogP contribution in [-0.4, -0.2) is 9.97 Å². The van der Waals surface area contributed by atoms with Crippen molar-refractivity contribution in [2.75, 3.05) is 5.43 Å². The Hall–Kier alpha value is -2.93. The van der Waals surface area contributed by atoms with Gasteiger partial charge in [0.1, 0.15) is 0 Å². The number of nitrogens with two attached hydrogens (primary N) is 1. The number of aromatic nitrogens is 2. The Morgan fingerprint density at radius 3 is 2.04 bits per heavy atom. The molecule has 0 aliphatic heterocycles. The van der Waals surface area contributed by atoms with Gasteiger partial charge in [-0.15, -0.1) is 0 Å². The molecule has 1 aromatic heterocycles. The number of hydrogen-bond acceptors (Lipinski definition) is 4. The first-order valence-corrected chi connectivity index (χ1v) is 7.06. The zero-order chi connectivity index (χ0) is 17.2. The van der Waals surface area contributed by atoms with Crippen LogP contribution in [0.15, 0.2) is 60.7 Å². The second kappa shape index (κ2) is 6.29. The number of nitrogens with one attached hydrogen (secondary N) is 1. The van der Waals surface area contributed by atoms with Crippen molar-refractivity contribution >= 4 is 5.95 Å². The fourth-order valence-electron chi connectivity index (χ4n) is 2.27. The maximum absolute atomic E-state index is 12.9. The largest absolute Gasteiger partial charge is 0.416 e. The molecule has 0 saturated heterocycles. The summed E-state index contributed by atoms with van der Waals surface area (Å²) in [6.07, 6.45) is -4.42. The molecule has 24 heavy (non-hydrogen) atoms. The minimum absolute atomic E-state index is 0.128. The van der Waals surface area contributed by atoms with E-state index in [1.165, 1.54) is 6.07 Å². The molecular weight excluding hydrogens is 317 g/mol. The lowest BCUT2D eigenvalue weighted by Gasteiger charge is -2.10. The van der Waals surface area contributed by atoms with E-state index in [0.29, 0.717) is 17.0 Å². The Balaban J connectivity index is 2.12. The number of anilines is 1. The molecule has 0 bridgehead atoms. The van der Waals surface area contributed by atoms with Gasteiger partial charge in [-0.2, -0.15) is 13.2 Å². The normalized spacial score (nSPS) is 11.3. The van der Waals surface area contributed by atoms with Crippen molar-refractivity contribution in [2.24, 2.45) is 5.84 Å². The van der Waals surface area contributed by atoms with Crippen LogP contribution in [0.2, 0.25) is 0 Å². The van der Waals surface area contributed by atoms with Crippen molar-refractivity contribution in [1.82, 2.24) is 9.97 Å². The van der Waals surface area contributed by atoms with Gasteiger partial charge in [-0.25, -0.2) is 15.8 Å². The maximum Gasteiger partial charge on any atom is 0.416 e. The fourth-order valence-corrected chi connectivity index (χ4v) is 2.27. The summed E-state index contributed by atoms with van der Waals surface area (Å²) in [7, 11) is 0. The van der Waals surface area contributed by atoms with Gasteiger partial charge in [0.15, 0.2) is 0 Å². The Bertz CT molecular complexity index is 848. The van der Waals surface area contributed by atoms with E-state index >= 15 is 0 Å². The van der Waals surface area contributed by atoms with Crippen LogP contribution < -0.4 is 11.3 Å². The predicted molar refractivity (Wildman–Crippen MR) is 85.7 cm³/mol. The number of halogens is 3. The molecule has 3 aromatic rings. The molecular formula is C17H13F3N4. The fraction of sp³-hybridized carbons (Fsp3) is 0.0588. The standard InChI is InChI=1S/C17H13F3N4/c18-17(19,20)13-8-4-7-12(9-13)15-10-14(22-16(23-15)24-21)11-5-2-1-3-6-11/h1-10H,21H2,(H,22,23,24). The summed E-state index contributed by atoms with van der Waals surface area (Å²) < 4.78 is 38.7. The number of alkyl halides is 3. The molecule has 7 heteroatoms. The van der Waals surface area contributed by atoms with E-state index in [4.69, 9.17) is 5.84 Å². The summed E-state index contributed by atoms with van der Waals surface area (Å²) in [4.78, 5) is 8.41. The number of hydrazine groups is 1. The molecule has 122 valence electrons. The van der Waals surface area contributed by atoms with Crippen LogP contribution in [-0.2, 0) is 6.18 Å². The number of hydrogen-bond donors (Lipinski definition) is 2. The number of nitrogen functional groups attached to an aromatic ring is 1. The second-order valence-corrected chi connectivity index (χ2v) is 5.05. The lowest BCUT2D eigenvalue weighted by Crippen LogP contribution is -2.11. The van der Waals surface area contributed by atoms with E-state index < -0.39 is 11.7 Å². The molecule has 2 aromatic carbocycles. The zero-order valence-corrected chi connectivity index (χ0v) is 12.4. The first-order valence-electron chi connectivity index (χ1n) is 7.06. The van der Waals surface area contributed by atoms with Gasteiger partial charge in [0.2, 0.25) is 5.95 Å². The summed E-state index contributed by atoms with van der Waals surface area (Å²) in [5, 5.41) is 0. The SMILES string of the molecule is NNc1nc(-c2ccccc2)cc(-c2cccc(C(F)(F)F)c2)n1. The van der Waals surface area contributed by atoms with Crippen LogP contribution in [0.25, 0.3) is 22.5 Å². The summed E-state index contributed by atoms with van der Waals surface area (Å²) >= 11 is 0. The maximum atomic E-state index is 12.9. The highest BCUT2D eigenvalue weighted by Crippen LogP contribution is 2.32. The minimum atomic E-state index is -4.42. The summed E-state index contributed by atoms with van der Waals surface area (Å²) in [6.45, 7) is 0. The van der Waals surface area contributed by atoms with Crippen molar-refractivity contribution in [3.8, 4) is 22.5 Å². The Morgan fingerprint density at radius 2 is 1.42 bits per heavy atom. The predicted octanol–water partition coefficient (Wildman–Crippen LogP) is 4.12. The monoisotopic (exact) mass is 330 g/mol. The molecule has 1 heterocycles. The van der Waals surface area contributed by atoms with Gasteiger partial charge < -0.3 is 0 Å². The van der Waals surface area contributed by atoms with Crippen LogP contribution in [0.3, 0.4) is 0 Å². The minimum Gasteiger partial charge on any atom is -0.292 e. The molecule has 0 saturated carbocycles. The molecule has 0 spiro atoms. The van der Waals surface area contributed by atoms with E-state index in [1.807, 2.05) is 30.3 Å². The third-order valence-electron chi connectivity index (χ3n) is 3.41. The molecule has 0 radical (unpaired) electrons. The van der Waals surface area contributed by atoms with Gasteiger partial charge in [-0.3, -0.25) is 5.43 Å². The van der Waals surface area contributed by atoms with E-state index in [-0.39, 0.29) is 5.95 Å². The molecule has 0 amide bonds. The van der Waals surface area contributed by atoms with Crippen molar-refractivity contribution in [1.29, 1.82) is 0 Å². The highest BCUT2D eigenvalue weighted by Gasteiger charge is 2.30. The number of rotatable bonds is 3. The zero-order valence-electron chi connectivity index (χ0n) is 12.4. The highest BCUT2D eigenvalue weighted by atomic mass is 19.4. The van der Waals surface area contributed by atoms with Crippen molar-refractivity contribution in [3.63, 3.8) is 0 Å². The Morgan fingerprint density at radius 1 is 0.792 bits per heavy atom. The molecule has 0 aliphatic rings. The second-order valence-electron chi connectivity index (χ2n) is 5.05. The number of nitrogens with zero attached hydrogens (tertiary/aromatic N) is 2. The van der Waals surface area contributed by atoms with Gasteiger partial charge in [-0.05, 0) is 18.2 Å². The lowest BCUT2D eigenvalue weighted by atomic mass is 10.1. The van der Waals surface area contributed by atoms with Crippen LogP contribution in [0.1, 0.15) is 5.56 Å². The summed E-state index contributed by atoms with van der Waals surface area (Å²) in [5.41, 5.74) is 3.67. The highest BCUT2D eigenvalue weighted by molar-refractivity contribution is 5.69. The van der Waals surface area contributed by atoms with Crippen LogP contribution in [0.4, 0.5) is 19.1 Å². The average molecular weight is 330 g/mol.